The van der Waals surface area contributed by atoms with Crippen LogP contribution in [0.1, 0.15) is 17.5 Å². The zero-order valence-electron chi connectivity index (χ0n) is 9.91. The normalized spacial score (nSPS) is 12.7. The average Bonchev–Trinajstić information content (AvgIpc) is 2.78. The third-order valence-electron chi connectivity index (χ3n) is 2.60. The van der Waals surface area contributed by atoms with Crippen molar-refractivity contribution in [3.8, 4) is 0 Å². The lowest BCUT2D eigenvalue weighted by molar-refractivity contribution is 0.0670. The van der Waals surface area contributed by atoms with E-state index in [0.29, 0.717) is 5.78 Å². The summed E-state index contributed by atoms with van der Waals surface area (Å²) in [4.78, 5) is 21.5. The highest BCUT2D eigenvalue weighted by atomic mass is 79.9. The summed E-state index contributed by atoms with van der Waals surface area (Å²) in [5.41, 5.74) is 0. The van der Waals surface area contributed by atoms with Gasteiger partial charge in [0, 0.05) is 19.4 Å². The molecule has 0 aromatic carbocycles. The maximum Gasteiger partial charge on any atom is 0.293 e. The molecule has 18 heavy (non-hydrogen) atoms. The molecule has 0 bridgehead atoms. The Morgan fingerprint density at radius 1 is 1.67 bits per heavy atom. The van der Waals surface area contributed by atoms with Gasteiger partial charge in [-0.1, -0.05) is 0 Å². The van der Waals surface area contributed by atoms with Gasteiger partial charge in [0.05, 0.1) is 17.1 Å². The van der Waals surface area contributed by atoms with Gasteiger partial charge < -0.3 is 10.0 Å². The van der Waals surface area contributed by atoms with Gasteiger partial charge in [0.2, 0.25) is 5.82 Å². The first-order valence-corrected chi connectivity index (χ1v) is 6.08. The van der Waals surface area contributed by atoms with Gasteiger partial charge in [0.1, 0.15) is 0 Å². The van der Waals surface area contributed by atoms with Crippen molar-refractivity contribution in [3.05, 3.63) is 22.7 Å². The van der Waals surface area contributed by atoms with E-state index in [1.165, 1.54) is 9.42 Å². The maximum atomic E-state index is 12.0. The van der Waals surface area contributed by atoms with Gasteiger partial charge in [0.25, 0.3) is 11.7 Å². The lowest BCUT2D eigenvalue weighted by atomic mass is 10.3. The van der Waals surface area contributed by atoms with Crippen molar-refractivity contribution >= 4 is 27.6 Å². The standard InChI is InChI=1S/C10H12BrN5O2/c1-6(5-17)15(2)9(18)8-13-10-12-3-7(11)4-16(10)14-8/h3-4,6,17H,5H2,1-2H3. The van der Waals surface area contributed by atoms with E-state index in [2.05, 4.69) is 31.0 Å². The van der Waals surface area contributed by atoms with Gasteiger partial charge in [-0.15, -0.1) is 5.10 Å². The SMILES string of the molecule is CC(CO)N(C)C(=O)c1nc2ncc(Br)cn2n1. The number of rotatable bonds is 3. The second-order valence-corrected chi connectivity index (χ2v) is 4.82. The van der Waals surface area contributed by atoms with E-state index in [0.717, 1.165) is 4.47 Å². The van der Waals surface area contributed by atoms with Crippen LogP contribution in [0.2, 0.25) is 0 Å². The summed E-state index contributed by atoms with van der Waals surface area (Å²) in [7, 11) is 1.60. The number of hydrogen-bond acceptors (Lipinski definition) is 5. The third kappa shape index (κ3) is 2.34. The van der Waals surface area contributed by atoms with Crippen LogP contribution in [0.5, 0.6) is 0 Å². The number of carbonyl (C=O) groups excluding carboxylic acids is 1. The molecule has 2 aromatic rings. The van der Waals surface area contributed by atoms with Crippen molar-refractivity contribution in [3.63, 3.8) is 0 Å². The average molecular weight is 314 g/mol. The summed E-state index contributed by atoms with van der Waals surface area (Å²) in [6.07, 6.45) is 3.25. The number of aliphatic hydroxyl groups excluding tert-OH is 1. The lowest BCUT2D eigenvalue weighted by Crippen LogP contribution is -2.37. The number of nitrogens with zero attached hydrogens (tertiary/aromatic N) is 5. The molecule has 2 heterocycles. The van der Waals surface area contributed by atoms with E-state index in [1.807, 2.05) is 0 Å². The molecular formula is C10H12BrN5O2. The monoisotopic (exact) mass is 313 g/mol. The van der Waals surface area contributed by atoms with E-state index in [4.69, 9.17) is 5.11 Å². The van der Waals surface area contributed by atoms with Gasteiger partial charge in [-0.2, -0.15) is 4.98 Å². The Balaban J connectivity index is 2.33. The first-order valence-electron chi connectivity index (χ1n) is 5.29. The van der Waals surface area contributed by atoms with Crippen LogP contribution in [0.25, 0.3) is 5.78 Å². The highest BCUT2D eigenvalue weighted by molar-refractivity contribution is 9.10. The highest BCUT2D eigenvalue weighted by Crippen LogP contribution is 2.09. The van der Waals surface area contributed by atoms with Crippen molar-refractivity contribution in [2.24, 2.45) is 0 Å². The minimum Gasteiger partial charge on any atom is -0.394 e. The van der Waals surface area contributed by atoms with Gasteiger partial charge in [-0.3, -0.25) is 4.79 Å². The minimum absolute atomic E-state index is 0.0587. The van der Waals surface area contributed by atoms with Crippen LogP contribution in [0, 0.1) is 0 Å². The second-order valence-electron chi connectivity index (χ2n) is 3.90. The van der Waals surface area contributed by atoms with Crippen LogP contribution in [0.4, 0.5) is 0 Å². The van der Waals surface area contributed by atoms with E-state index in [9.17, 15) is 4.79 Å². The quantitative estimate of drug-likeness (QED) is 0.883. The molecular weight excluding hydrogens is 302 g/mol. The number of carbonyl (C=O) groups is 1. The van der Waals surface area contributed by atoms with Crippen LogP contribution in [0.15, 0.2) is 16.9 Å². The number of amides is 1. The van der Waals surface area contributed by atoms with Gasteiger partial charge >= 0.3 is 0 Å². The van der Waals surface area contributed by atoms with Crippen molar-refractivity contribution < 1.29 is 9.90 Å². The molecule has 2 rings (SSSR count). The lowest BCUT2D eigenvalue weighted by Gasteiger charge is -2.21. The molecule has 8 heteroatoms. The maximum absolute atomic E-state index is 12.0. The zero-order chi connectivity index (χ0) is 13.3. The smallest absolute Gasteiger partial charge is 0.293 e. The fraction of sp³-hybridized carbons (Fsp3) is 0.400. The molecule has 1 N–H and O–H groups in total. The molecule has 0 aliphatic rings. The molecule has 1 atom stereocenters. The van der Waals surface area contributed by atoms with Crippen molar-refractivity contribution in [2.45, 2.75) is 13.0 Å². The van der Waals surface area contributed by atoms with E-state index in [-0.39, 0.29) is 24.4 Å². The first kappa shape index (κ1) is 12.9. The highest BCUT2D eigenvalue weighted by Gasteiger charge is 2.21. The Kier molecular flexibility index (Phi) is 3.58. The Labute approximate surface area is 112 Å². The Morgan fingerprint density at radius 2 is 2.39 bits per heavy atom. The number of aromatic nitrogens is 4. The van der Waals surface area contributed by atoms with Crippen LogP contribution >= 0.6 is 15.9 Å². The van der Waals surface area contributed by atoms with Crippen molar-refractivity contribution in [1.29, 1.82) is 0 Å². The number of halogens is 1. The summed E-state index contributed by atoms with van der Waals surface area (Å²) >= 11 is 3.26. The first-order chi connectivity index (χ1) is 8.52. The fourth-order valence-electron chi connectivity index (χ4n) is 1.33. The minimum atomic E-state index is -0.349. The van der Waals surface area contributed by atoms with E-state index in [1.54, 1.807) is 26.4 Å². The molecule has 0 aliphatic carbocycles. The van der Waals surface area contributed by atoms with Crippen molar-refractivity contribution in [2.75, 3.05) is 13.7 Å². The van der Waals surface area contributed by atoms with E-state index < -0.39 is 0 Å². The molecule has 0 fully saturated rings. The summed E-state index contributed by atoms with van der Waals surface area (Å²) in [5.74, 6) is 0.0631. The van der Waals surface area contributed by atoms with E-state index >= 15 is 0 Å². The molecule has 0 saturated heterocycles. The Morgan fingerprint density at radius 3 is 3.06 bits per heavy atom. The largest absolute Gasteiger partial charge is 0.394 e. The summed E-state index contributed by atoms with van der Waals surface area (Å²) < 4.78 is 2.17. The van der Waals surface area contributed by atoms with Gasteiger partial charge in [0.15, 0.2) is 0 Å². The zero-order valence-corrected chi connectivity index (χ0v) is 11.5. The molecule has 96 valence electrons. The molecule has 0 radical (unpaired) electrons. The number of likely N-dealkylation sites (N-methyl/N-ethyl adjacent to an activating group) is 1. The molecule has 0 aliphatic heterocycles. The molecule has 1 unspecified atom stereocenters. The Bertz CT molecular complexity index is 585. The van der Waals surface area contributed by atoms with Gasteiger partial charge in [-0.05, 0) is 22.9 Å². The van der Waals surface area contributed by atoms with Crippen LogP contribution in [-0.4, -0.2) is 55.2 Å². The summed E-state index contributed by atoms with van der Waals surface area (Å²) in [6, 6.07) is -0.288. The molecule has 0 saturated carbocycles. The number of hydrogen-bond donors (Lipinski definition) is 1. The van der Waals surface area contributed by atoms with Crippen LogP contribution in [0.3, 0.4) is 0 Å². The molecule has 0 spiro atoms. The fourth-order valence-corrected chi connectivity index (χ4v) is 1.63. The third-order valence-corrected chi connectivity index (χ3v) is 3.01. The number of aliphatic hydroxyl groups is 1. The van der Waals surface area contributed by atoms with Crippen LogP contribution < -0.4 is 0 Å². The predicted molar refractivity (Wildman–Crippen MR) is 67.1 cm³/mol. The summed E-state index contributed by atoms with van der Waals surface area (Å²) in [5, 5.41) is 13.1. The molecule has 2 aromatic heterocycles. The topological polar surface area (TPSA) is 83.6 Å². The van der Waals surface area contributed by atoms with Crippen LogP contribution in [-0.2, 0) is 0 Å². The van der Waals surface area contributed by atoms with Crippen molar-refractivity contribution in [1.82, 2.24) is 24.5 Å². The molecule has 1 amide bonds. The predicted octanol–water partition coefficient (Wildman–Crippen LogP) is 0.340. The van der Waals surface area contributed by atoms with Gasteiger partial charge in [-0.25, -0.2) is 9.50 Å². The molecule has 7 nitrogen and oxygen atoms in total. The second kappa shape index (κ2) is 4.99. The number of fused-ring (bicyclic) bond motifs is 1. The summed E-state index contributed by atoms with van der Waals surface area (Å²) in [6.45, 7) is 1.63. The Hall–Kier alpha value is -1.54.